The average molecular weight is 356 g/mol. The molecule has 0 bridgehead atoms. The van der Waals surface area contributed by atoms with Crippen molar-refractivity contribution in [2.24, 2.45) is 0 Å². The average Bonchev–Trinajstić information content (AvgIpc) is 2.46. The first kappa shape index (κ1) is 22.3. The molecule has 0 aromatic carbocycles. The van der Waals surface area contributed by atoms with Crippen LogP contribution < -0.4 is 0 Å². The van der Waals surface area contributed by atoms with Crippen LogP contribution in [0.5, 0.6) is 0 Å². The molecule has 6 nitrogen and oxygen atoms in total. The van der Waals surface area contributed by atoms with E-state index in [9.17, 15) is 17.6 Å². The zero-order valence-corrected chi connectivity index (χ0v) is 14.7. The fraction of sp³-hybridized carbons (Fsp3) is 0.933. The number of halogens is 1. The van der Waals surface area contributed by atoms with E-state index < -0.39 is 22.5 Å². The molecule has 0 spiro atoms. The molecule has 0 aromatic heterocycles. The van der Waals surface area contributed by atoms with Crippen molar-refractivity contribution in [3.8, 4) is 0 Å². The molecule has 0 amide bonds. The third kappa shape index (κ3) is 15.9. The maximum atomic E-state index is 11.9. The van der Waals surface area contributed by atoms with Gasteiger partial charge in [0, 0.05) is 0 Å². The molecule has 0 saturated carbocycles. The summed E-state index contributed by atoms with van der Waals surface area (Å²) in [6.45, 7) is 1.19. The lowest BCUT2D eigenvalue weighted by Gasteiger charge is -2.10. The number of hydrogen-bond donors (Lipinski definition) is 1. The summed E-state index contributed by atoms with van der Waals surface area (Å²) in [5.74, 6) is -0.809. The zero-order chi connectivity index (χ0) is 17.6. The standard InChI is InChI=1S/C15H29FO6S/c1-14(22-23(18,19)20)15(17)21-13-11-9-7-5-3-2-4-6-8-10-12-16/h14H,2-13H2,1H3,(H,18,19,20). The van der Waals surface area contributed by atoms with E-state index in [1.165, 1.54) is 13.3 Å². The van der Waals surface area contributed by atoms with E-state index in [2.05, 4.69) is 4.18 Å². The largest absolute Gasteiger partial charge is 0.464 e. The Balaban J connectivity index is 3.37. The summed E-state index contributed by atoms with van der Waals surface area (Å²) in [5, 5.41) is 0. The molecule has 0 rings (SSSR count). The first-order chi connectivity index (χ1) is 10.9. The van der Waals surface area contributed by atoms with Gasteiger partial charge in [-0.15, -0.1) is 0 Å². The molecule has 0 saturated heterocycles. The van der Waals surface area contributed by atoms with Crippen LogP contribution in [0, 0.1) is 0 Å². The van der Waals surface area contributed by atoms with Crippen LogP contribution in [0.15, 0.2) is 0 Å². The number of esters is 1. The van der Waals surface area contributed by atoms with Gasteiger partial charge in [0.2, 0.25) is 0 Å². The summed E-state index contributed by atoms with van der Waals surface area (Å²) in [7, 11) is -4.64. The van der Waals surface area contributed by atoms with Gasteiger partial charge in [0.05, 0.1) is 13.3 Å². The smallest absolute Gasteiger partial charge is 0.398 e. The van der Waals surface area contributed by atoms with Crippen LogP contribution in [0.2, 0.25) is 0 Å². The molecule has 0 heterocycles. The second kappa shape index (κ2) is 13.7. The van der Waals surface area contributed by atoms with Gasteiger partial charge in [-0.3, -0.25) is 8.94 Å². The van der Waals surface area contributed by atoms with Crippen molar-refractivity contribution in [1.29, 1.82) is 0 Å². The summed E-state index contributed by atoms with van der Waals surface area (Å²) in [6.07, 6.45) is 8.71. The van der Waals surface area contributed by atoms with Gasteiger partial charge in [-0.05, 0) is 19.8 Å². The van der Waals surface area contributed by atoms with Crippen molar-refractivity contribution in [3.05, 3.63) is 0 Å². The lowest BCUT2D eigenvalue weighted by molar-refractivity contribution is -0.151. The molecular formula is C15H29FO6S. The molecule has 8 heteroatoms. The molecule has 1 unspecified atom stereocenters. The highest BCUT2D eigenvalue weighted by atomic mass is 32.3. The molecule has 138 valence electrons. The van der Waals surface area contributed by atoms with E-state index in [0.29, 0.717) is 12.8 Å². The Bertz CT molecular complexity index is 399. The topological polar surface area (TPSA) is 89.9 Å². The first-order valence-corrected chi connectivity index (χ1v) is 9.61. The first-order valence-electron chi connectivity index (χ1n) is 8.25. The van der Waals surface area contributed by atoms with Gasteiger partial charge in [-0.1, -0.05) is 51.4 Å². The van der Waals surface area contributed by atoms with Crippen LogP contribution in [-0.4, -0.2) is 38.3 Å². The van der Waals surface area contributed by atoms with E-state index in [0.717, 1.165) is 44.9 Å². The van der Waals surface area contributed by atoms with Gasteiger partial charge >= 0.3 is 16.4 Å². The van der Waals surface area contributed by atoms with Crippen LogP contribution in [0.25, 0.3) is 0 Å². The number of hydrogen-bond acceptors (Lipinski definition) is 5. The van der Waals surface area contributed by atoms with Gasteiger partial charge in [0.15, 0.2) is 6.10 Å². The molecule has 0 radical (unpaired) electrons. The molecule has 0 aromatic rings. The Morgan fingerprint density at radius 1 is 0.957 bits per heavy atom. The Morgan fingerprint density at radius 2 is 1.39 bits per heavy atom. The van der Waals surface area contributed by atoms with Crippen LogP contribution in [0.1, 0.15) is 71.1 Å². The fourth-order valence-corrected chi connectivity index (χ4v) is 2.57. The Kier molecular flexibility index (Phi) is 13.3. The third-order valence-electron chi connectivity index (χ3n) is 3.37. The minimum absolute atomic E-state index is 0.210. The van der Waals surface area contributed by atoms with Crippen molar-refractivity contribution < 1.29 is 31.1 Å². The van der Waals surface area contributed by atoms with Crippen molar-refractivity contribution in [3.63, 3.8) is 0 Å². The second-order valence-electron chi connectivity index (χ2n) is 5.56. The maximum absolute atomic E-state index is 11.9. The minimum atomic E-state index is -4.64. The number of carbonyl (C=O) groups excluding carboxylic acids is 1. The molecule has 0 aliphatic heterocycles. The second-order valence-corrected chi connectivity index (χ2v) is 6.61. The van der Waals surface area contributed by atoms with Gasteiger partial charge in [0.1, 0.15) is 0 Å². The quantitative estimate of drug-likeness (QED) is 0.274. The number of unbranched alkanes of at least 4 members (excludes halogenated alkanes) is 9. The highest BCUT2D eigenvalue weighted by Crippen LogP contribution is 2.11. The number of carbonyl (C=O) groups is 1. The zero-order valence-electron chi connectivity index (χ0n) is 13.8. The molecule has 0 aliphatic rings. The molecule has 23 heavy (non-hydrogen) atoms. The van der Waals surface area contributed by atoms with E-state index in [4.69, 9.17) is 9.29 Å². The predicted molar refractivity (Wildman–Crippen MR) is 85.2 cm³/mol. The lowest BCUT2D eigenvalue weighted by atomic mass is 10.1. The van der Waals surface area contributed by atoms with Crippen molar-refractivity contribution in [2.45, 2.75) is 77.2 Å². The summed E-state index contributed by atoms with van der Waals surface area (Å²) < 4.78 is 50.1. The summed E-state index contributed by atoms with van der Waals surface area (Å²) in [4.78, 5) is 11.4. The van der Waals surface area contributed by atoms with Gasteiger partial charge in [-0.2, -0.15) is 8.42 Å². The van der Waals surface area contributed by atoms with Crippen molar-refractivity contribution in [2.75, 3.05) is 13.3 Å². The summed E-state index contributed by atoms with van der Waals surface area (Å²) in [5.41, 5.74) is 0. The van der Waals surface area contributed by atoms with Crippen LogP contribution in [0.3, 0.4) is 0 Å². The minimum Gasteiger partial charge on any atom is -0.464 e. The fourth-order valence-electron chi connectivity index (χ4n) is 2.12. The molecule has 1 N–H and O–H groups in total. The van der Waals surface area contributed by atoms with Gasteiger partial charge < -0.3 is 4.74 Å². The third-order valence-corrected chi connectivity index (χ3v) is 3.90. The van der Waals surface area contributed by atoms with E-state index in [-0.39, 0.29) is 13.3 Å². The number of ether oxygens (including phenoxy) is 1. The number of rotatable bonds is 15. The van der Waals surface area contributed by atoms with Gasteiger partial charge in [0.25, 0.3) is 0 Å². The van der Waals surface area contributed by atoms with E-state index in [1.807, 2.05) is 0 Å². The van der Waals surface area contributed by atoms with Gasteiger partial charge in [-0.25, -0.2) is 8.98 Å². The van der Waals surface area contributed by atoms with E-state index in [1.54, 1.807) is 0 Å². The highest BCUT2D eigenvalue weighted by Gasteiger charge is 2.21. The monoisotopic (exact) mass is 356 g/mol. The van der Waals surface area contributed by atoms with Crippen LogP contribution in [0.4, 0.5) is 4.39 Å². The van der Waals surface area contributed by atoms with Crippen molar-refractivity contribution in [1.82, 2.24) is 0 Å². The summed E-state index contributed by atoms with van der Waals surface area (Å²) in [6, 6.07) is 0. The van der Waals surface area contributed by atoms with E-state index >= 15 is 0 Å². The Labute approximate surface area is 138 Å². The predicted octanol–water partition coefficient (Wildman–Crippen LogP) is 3.61. The Morgan fingerprint density at radius 3 is 1.83 bits per heavy atom. The maximum Gasteiger partial charge on any atom is 0.398 e. The van der Waals surface area contributed by atoms with Crippen LogP contribution >= 0.6 is 0 Å². The summed E-state index contributed by atoms with van der Waals surface area (Å²) >= 11 is 0. The molecule has 0 fully saturated rings. The lowest BCUT2D eigenvalue weighted by Crippen LogP contribution is -2.26. The van der Waals surface area contributed by atoms with Crippen molar-refractivity contribution >= 4 is 16.4 Å². The molecule has 0 aliphatic carbocycles. The normalized spacial score (nSPS) is 13.0. The van der Waals surface area contributed by atoms with Crippen LogP contribution in [-0.2, 0) is 24.1 Å². The molecule has 1 atom stereocenters. The highest BCUT2D eigenvalue weighted by molar-refractivity contribution is 7.80. The number of alkyl halides is 1. The Hall–Kier alpha value is -0.730. The molecular weight excluding hydrogens is 327 g/mol. The SMILES string of the molecule is CC(OS(=O)(=O)O)C(=O)OCCCCCCCCCCCCF.